The maximum atomic E-state index is 13.1. The summed E-state index contributed by atoms with van der Waals surface area (Å²) < 4.78 is 30.1. The summed E-state index contributed by atoms with van der Waals surface area (Å²) in [5, 5.41) is 10.1. The van der Waals surface area contributed by atoms with Crippen LogP contribution in [-0.2, 0) is 6.61 Å². The van der Waals surface area contributed by atoms with Crippen LogP contribution in [0.3, 0.4) is 0 Å². The lowest BCUT2D eigenvalue weighted by Gasteiger charge is -2.26. The van der Waals surface area contributed by atoms with E-state index in [0.29, 0.717) is 17.1 Å². The molecule has 0 saturated heterocycles. The highest BCUT2D eigenvalue weighted by Crippen LogP contribution is 2.43. The van der Waals surface area contributed by atoms with Gasteiger partial charge in [-0.2, -0.15) is 5.26 Å². The van der Waals surface area contributed by atoms with Crippen molar-refractivity contribution in [2.24, 2.45) is 5.73 Å². The first-order valence-electron chi connectivity index (χ1n) is 11.6. The summed E-state index contributed by atoms with van der Waals surface area (Å²) in [5.41, 5.74) is 8.92. The predicted molar refractivity (Wildman–Crippen MR) is 139 cm³/mol. The number of carbonyl (C=O) groups is 1. The van der Waals surface area contributed by atoms with Gasteiger partial charge in [-0.25, -0.2) is 9.18 Å². The molecule has 0 radical (unpaired) electrons. The maximum absolute atomic E-state index is 13.1. The molecular weight excluding hydrogens is 507 g/mol. The fourth-order valence-corrected chi connectivity index (χ4v) is 4.35. The van der Waals surface area contributed by atoms with Gasteiger partial charge in [0.1, 0.15) is 41.3 Å². The highest BCUT2D eigenvalue weighted by atomic mass is 35.5. The monoisotopic (exact) mass is 526 g/mol. The molecule has 1 aliphatic heterocycles. The second-order valence-corrected chi connectivity index (χ2v) is 8.89. The molecule has 0 bridgehead atoms. The van der Waals surface area contributed by atoms with Gasteiger partial charge in [-0.1, -0.05) is 54.1 Å². The van der Waals surface area contributed by atoms with Crippen LogP contribution in [-0.4, -0.2) is 5.97 Å². The fraction of sp³-hybridized carbons (Fsp3) is 0.0667. The summed E-state index contributed by atoms with van der Waals surface area (Å²) >= 11 is 6.11. The molecule has 1 aliphatic rings. The van der Waals surface area contributed by atoms with Gasteiger partial charge in [0.25, 0.3) is 0 Å². The molecule has 38 heavy (non-hydrogen) atoms. The number of rotatable bonds is 6. The van der Waals surface area contributed by atoms with Crippen LogP contribution in [0.5, 0.6) is 17.2 Å². The Morgan fingerprint density at radius 1 is 1.00 bits per heavy atom. The molecule has 0 amide bonds. The summed E-state index contributed by atoms with van der Waals surface area (Å²) in [5.74, 6) is -0.221. The molecule has 0 aliphatic carbocycles. The summed E-state index contributed by atoms with van der Waals surface area (Å²) in [6, 6.07) is 27.0. The highest BCUT2D eigenvalue weighted by molar-refractivity contribution is 6.33. The van der Waals surface area contributed by atoms with Crippen molar-refractivity contribution >= 4 is 17.6 Å². The first kappa shape index (κ1) is 24.9. The molecule has 188 valence electrons. The number of fused-ring (bicyclic) bond motifs is 1. The van der Waals surface area contributed by atoms with E-state index in [1.54, 1.807) is 66.7 Å². The molecule has 1 atom stereocenters. The third kappa shape index (κ3) is 5.17. The first-order valence-corrected chi connectivity index (χ1v) is 12.0. The van der Waals surface area contributed by atoms with E-state index in [1.165, 1.54) is 12.1 Å². The van der Waals surface area contributed by atoms with E-state index < -0.39 is 11.9 Å². The quantitative estimate of drug-likeness (QED) is 0.228. The zero-order chi connectivity index (χ0) is 26.6. The van der Waals surface area contributed by atoms with Crippen molar-refractivity contribution in [2.75, 3.05) is 0 Å². The lowest BCUT2D eigenvalue weighted by atomic mass is 9.83. The first-order chi connectivity index (χ1) is 18.4. The number of halogens is 2. The Hall–Kier alpha value is -4.80. The molecule has 6 nitrogen and oxygen atoms in total. The van der Waals surface area contributed by atoms with Crippen LogP contribution in [0, 0.1) is 17.1 Å². The average Bonchev–Trinajstić information content (AvgIpc) is 2.92. The van der Waals surface area contributed by atoms with E-state index in [2.05, 4.69) is 6.07 Å². The van der Waals surface area contributed by atoms with Gasteiger partial charge in [0.2, 0.25) is 5.88 Å². The third-order valence-corrected chi connectivity index (χ3v) is 6.36. The number of allylic oxidation sites excluding steroid dienone is 1. The van der Waals surface area contributed by atoms with Crippen molar-refractivity contribution in [2.45, 2.75) is 12.5 Å². The lowest BCUT2D eigenvalue weighted by Crippen LogP contribution is -2.21. The number of esters is 1. The van der Waals surface area contributed by atoms with Gasteiger partial charge < -0.3 is 19.9 Å². The van der Waals surface area contributed by atoms with Gasteiger partial charge in [0.05, 0.1) is 16.5 Å². The van der Waals surface area contributed by atoms with E-state index in [-0.39, 0.29) is 40.2 Å². The molecule has 5 rings (SSSR count). The number of nitrogens with zero attached hydrogens (tertiary/aromatic N) is 1. The van der Waals surface area contributed by atoms with Crippen LogP contribution in [0.15, 0.2) is 102 Å². The number of nitriles is 1. The number of carbonyl (C=O) groups excluding carboxylic acids is 1. The predicted octanol–water partition coefficient (Wildman–Crippen LogP) is 6.50. The standard InChI is InChI=1S/C30H20ClFN2O4/c31-26-4-2-1-3-23(26)30(35)37-22-13-14-24-27(15-22)38-29(34)25(16-33)28(24)19-7-11-21(12-8-19)36-17-18-5-9-20(32)10-6-18/h1-15,28H,17,34H2. The second-order valence-electron chi connectivity index (χ2n) is 8.48. The van der Waals surface area contributed by atoms with Crippen LogP contribution in [0.1, 0.15) is 33.0 Å². The molecular formula is C30H20ClFN2O4. The summed E-state index contributed by atoms with van der Waals surface area (Å²) in [6.45, 7) is 0.283. The van der Waals surface area contributed by atoms with Crippen LogP contribution in [0.25, 0.3) is 0 Å². The largest absolute Gasteiger partial charge is 0.489 e. The minimum absolute atomic E-state index is 0.0313. The Morgan fingerprint density at radius 3 is 2.42 bits per heavy atom. The molecule has 2 N–H and O–H groups in total. The summed E-state index contributed by atoms with van der Waals surface area (Å²) in [6.07, 6.45) is 0. The van der Waals surface area contributed by atoms with Crippen molar-refractivity contribution in [1.82, 2.24) is 0 Å². The molecule has 4 aromatic carbocycles. The van der Waals surface area contributed by atoms with Crippen LogP contribution in [0.2, 0.25) is 5.02 Å². The molecule has 0 spiro atoms. The number of benzene rings is 4. The average molecular weight is 527 g/mol. The van der Waals surface area contributed by atoms with E-state index in [4.69, 9.17) is 31.5 Å². The SMILES string of the molecule is N#CC1=C(N)Oc2cc(OC(=O)c3ccccc3Cl)ccc2C1c1ccc(OCc2ccc(F)cc2)cc1. The zero-order valence-electron chi connectivity index (χ0n) is 19.9. The minimum atomic E-state index is -0.611. The van der Waals surface area contributed by atoms with Crippen molar-refractivity contribution < 1.29 is 23.4 Å². The number of nitrogens with two attached hydrogens (primary N) is 1. The van der Waals surface area contributed by atoms with Crippen LogP contribution < -0.4 is 19.9 Å². The Kier molecular flexibility index (Phi) is 6.98. The molecule has 0 aromatic heterocycles. The van der Waals surface area contributed by atoms with Gasteiger partial charge in [0.15, 0.2) is 0 Å². The van der Waals surface area contributed by atoms with Crippen molar-refractivity contribution in [3.05, 3.63) is 136 Å². The second kappa shape index (κ2) is 10.7. The van der Waals surface area contributed by atoms with Crippen LogP contribution >= 0.6 is 11.6 Å². The number of ether oxygens (including phenoxy) is 3. The highest BCUT2D eigenvalue weighted by Gasteiger charge is 2.31. The Morgan fingerprint density at radius 2 is 1.71 bits per heavy atom. The minimum Gasteiger partial charge on any atom is -0.489 e. The normalized spacial score (nSPS) is 14.2. The van der Waals surface area contributed by atoms with E-state index in [1.807, 2.05) is 12.1 Å². The van der Waals surface area contributed by atoms with Gasteiger partial charge in [-0.3, -0.25) is 0 Å². The lowest BCUT2D eigenvalue weighted by molar-refractivity contribution is 0.0734. The van der Waals surface area contributed by atoms with Crippen molar-refractivity contribution in [3.8, 4) is 23.3 Å². The van der Waals surface area contributed by atoms with Gasteiger partial charge in [-0.05, 0) is 53.6 Å². The van der Waals surface area contributed by atoms with E-state index >= 15 is 0 Å². The molecule has 1 heterocycles. The molecule has 0 saturated carbocycles. The van der Waals surface area contributed by atoms with E-state index in [9.17, 15) is 14.4 Å². The summed E-state index contributed by atoms with van der Waals surface area (Å²) in [4.78, 5) is 12.6. The Labute approximate surface area is 223 Å². The molecule has 4 aromatic rings. The molecule has 8 heteroatoms. The third-order valence-electron chi connectivity index (χ3n) is 6.03. The van der Waals surface area contributed by atoms with Crippen LogP contribution in [0.4, 0.5) is 4.39 Å². The number of hydrogen-bond acceptors (Lipinski definition) is 6. The summed E-state index contributed by atoms with van der Waals surface area (Å²) in [7, 11) is 0. The van der Waals surface area contributed by atoms with Crippen molar-refractivity contribution in [1.29, 1.82) is 5.26 Å². The van der Waals surface area contributed by atoms with Gasteiger partial charge in [0, 0.05) is 11.6 Å². The van der Waals surface area contributed by atoms with Gasteiger partial charge in [-0.15, -0.1) is 0 Å². The smallest absolute Gasteiger partial charge is 0.345 e. The molecule has 1 unspecified atom stereocenters. The van der Waals surface area contributed by atoms with Gasteiger partial charge >= 0.3 is 5.97 Å². The topological polar surface area (TPSA) is 94.6 Å². The Balaban J connectivity index is 1.38. The van der Waals surface area contributed by atoms with Crippen molar-refractivity contribution in [3.63, 3.8) is 0 Å². The zero-order valence-corrected chi connectivity index (χ0v) is 20.6. The Bertz CT molecular complexity index is 1580. The van der Waals surface area contributed by atoms with E-state index in [0.717, 1.165) is 11.1 Å². The molecule has 0 fully saturated rings. The maximum Gasteiger partial charge on any atom is 0.345 e. The fourth-order valence-electron chi connectivity index (χ4n) is 4.13. The number of hydrogen-bond donors (Lipinski definition) is 1.